The minimum Gasteiger partial charge on any atom is -0.395 e. The van der Waals surface area contributed by atoms with Crippen LogP contribution in [0, 0.1) is 5.41 Å². The number of rotatable bonds is 7. The van der Waals surface area contributed by atoms with Crippen LogP contribution < -0.4 is 10.6 Å². The number of nitrogens with two attached hydrogens (primary N) is 1. The molecule has 1 heterocycles. The third kappa shape index (κ3) is 3.08. The maximum absolute atomic E-state index is 9.23. The third-order valence-corrected chi connectivity index (χ3v) is 3.56. The fraction of sp³-hybridized carbons (Fsp3) is 0.571. The number of nitrogens with one attached hydrogen (secondary N) is 1. The molecule has 1 aromatic rings. The van der Waals surface area contributed by atoms with Crippen molar-refractivity contribution >= 4 is 11.7 Å². The zero-order valence-corrected chi connectivity index (χ0v) is 11.9. The average Bonchev–Trinajstić information content (AvgIpc) is 2.89. The summed E-state index contributed by atoms with van der Waals surface area (Å²) in [7, 11) is 1.64. The van der Waals surface area contributed by atoms with E-state index in [0.29, 0.717) is 31.1 Å². The predicted molar refractivity (Wildman–Crippen MR) is 78.5 cm³/mol. The summed E-state index contributed by atoms with van der Waals surface area (Å²) in [6.45, 7) is 1.63. The Labute approximate surface area is 119 Å². The molecule has 2 rings (SSSR count). The SMILES string of the molecule is COCCN(CCO)c1nc2c(cc1C(=N)N)CCC2. The van der Waals surface area contributed by atoms with Crippen LogP contribution in [0.2, 0.25) is 0 Å². The lowest BCUT2D eigenvalue weighted by molar-refractivity contribution is 0.202. The summed E-state index contributed by atoms with van der Waals surface area (Å²) >= 11 is 0. The molecule has 1 aromatic heterocycles. The number of pyridine rings is 1. The third-order valence-electron chi connectivity index (χ3n) is 3.56. The number of ether oxygens (including phenoxy) is 1. The van der Waals surface area contributed by atoms with Crippen LogP contribution in [-0.4, -0.2) is 49.3 Å². The number of amidine groups is 1. The van der Waals surface area contributed by atoms with Crippen LogP contribution in [0.1, 0.15) is 23.2 Å². The van der Waals surface area contributed by atoms with Gasteiger partial charge in [0.1, 0.15) is 11.7 Å². The summed E-state index contributed by atoms with van der Waals surface area (Å²) in [5, 5.41) is 17.0. The van der Waals surface area contributed by atoms with Gasteiger partial charge < -0.3 is 20.5 Å². The number of methoxy groups -OCH3 is 1. The molecule has 0 saturated heterocycles. The fourth-order valence-corrected chi connectivity index (χ4v) is 2.55. The first-order valence-electron chi connectivity index (χ1n) is 6.89. The minimum absolute atomic E-state index is 0.0163. The fourth-order valence-electron chi connectivity index (χ4n) is 2.55. The predicted octanol–water partition coefficient (Wildman–Crippen LogP) is 0.299. The number of nitrogens with zero attached hydrogens (tertiary/aromatic N) is 2. The van der Waals surface area contributed by atoms with E-state index in [2.05, 4.69) is 4.98 Å². The molecule has 110 valence electrons. The first-order chi connectivity index (χ1) is 9.67. The molecule has 6 nitrogen and oxygen atoms in total. The lowest BCUT2D eigenvalue weighted by Crippen LogP contribution is -2.33. The molecule has 1 aliphatic carbocycles. The topological polar surface area (TPSA) is 95.5 Å². The van der Waals surface area contributed by atoms with Crippen molar-refractivity contribution < 1.29 is 9.84 Å². The second-order valence-corrected chi connectivity index (χ2v) is 4.94. The molecule has 0 radical (unpaired) electrons. The lowest BCUT2D eigenvalue weighted by atomic mass is 10.1. The van der Waals surface area contributed by atoms with Crippen LogP contribution in [0.25, 0.3) is 0 Å². The van der Waals surface area contributed by atoms with Crippen LogP contribution >= 0.6 is 0 Å². The van der Waals surface area contributed by atoms with E-state index in [0.717, 1.165) is 25.0 Å². The second-order valence-electron chi connectivity index (χ2n) is 4.94. The maximum atomic E-state index is 9.23. The first-order valence-corrected chi connectivity index (χ1v) is 6.89. The molecule has 0 unspecified atom stereocenters. The quantitative estimate of drug-likeness (QED) is 0.492. The highest BCUT2D eigenvalue weighted by atomic mass is 16.5. The van der Waals surface area contributed by atoms with Crippen molar-refractivity contribution in [3.05, 3.63) is 22.9 Å². The van der Waals surface area contributed by atoms with E-state index >= 15 is 0 Å². The second kappa shape index (κ2) is 6.67. The van der Waals surface area contributed by atoms with Gasteiger partial charge in [-0.3, -0.25) is 5.41 Å². The standard InChI is InChI=1S/C14H22N4O2/c1-20-8-6-18(5-7-19)14-11(13(15)16)9-10-3-2-4-12(10)17-14/h9,19H,2-8H2,1H3,(H3,15,16). The molecule has 20 heavy (non-hydrogen) atoms. The normalized spacial score (nSPS) is 13.3. The highest BCUT2D eigenvalue weighted by molar-refractivity contribution is 6.00. The van der Waals surface area contributed by atoms with Crippen molar-refractivity contribution in [3.8, 4) is 0 Å². The Bertz CT molecular complexity index is 490. The Balaban J connectivity index is 2.38. The summed E-state index contributed by atoms with van der Waals surface area (Å²) in [5.41, 5.74) is 8.62. The van der Waals surface area contributed by atoms with Crippen LogP contribution in [-0.2, 0) is 17.6 Å². The van der Waals surface area contributed by atoms with Gasteiger partial charge in [-0.2, -0.15) is 0 Å². The van der Waals surface area contributed by atoms with Crippen LogP contribution in [0.3, 0.4) is 0 Å². The Kier molecular flexibility index (Phi) is 4.92. The molecule has 0 saturated carbocycles. The monoisotopic (exact) mass is 278 g/mol. The van der Waals surface area contributed by atoms with Crippen molar-refractivity contribution in [2.45, 2.75) is 19.3 Å². The summed E-state index contributed by atoms with van der Waals surface area (Å²) in [4.78, 5) is 6.61. The molecule has 0 amide bonds. The van der Waals surface area contributed by atoms with Crippen LogP contribution in [0.15, 0.2) is 6.07 Å². The molecule has 0 atom stereocenters. The average molecular weight is 278 g/mol. The number of aliphatic hydroxyl groups is 1. The molecular formula is C14H22N4O2. The zero-order chi connectivity index (χ0) is 14.5. The van der Waals surface area contributed by atoms with E-state index in [1.807, 2.05) is 11.0 Å². The van der Waals surface area contributed by atoms with E-state index in [1.165, 1.54) is 5.56 Å². The number of nitrogen functional groups attached to an aromatic ring is 1. The van der Waals surface area contributed by atoms with E-state index in [4.69, 9.17) is 15.9 Å². The van der Waals surface area contributed by atoms with Crippen molar-refractivity contribution in [2.24, 2.45) is 5.73 Å². The van der Waals surface area contributed by atoms with Gasteiger partial charge in [0.05, 0.1) is 18.8 Å². The van der Waals surface area contributed by atoms with Crippen molar-refractivity contribution in [3.63, 3.8) is 0 Å². The highest BCUT2D eigenvalue weighted by Gasteiger charge is 2.21. The Morgan fingerprint density at radius 1 is 1.50 bits per heavy atom. The number of aliphatic hydroxyl groups excluding tert-OH is 1. The van der Waals surface area contributed by atoms with Gasteiger partial charge in [-0.25, -0.2) is 4.98 Å². The van der Waals surface area contributed by atoms with Gasteiger partial charge in [0.2, 0.25) is 0 Å². The van der Waals surface area contributed by atoms with Gasteiger partial charge in [-0.05, 0) is 30.9 Å². The number of hydrogen-bond acceptors (Lipinski definition) is 5. The molecule has 0 spiro atoms. The van der Waals surface area contributed by atoms with Gasteiger partial charge in [-0.15, -0.1) is 0 Å². The molecule has 4 N–H and O–H groups in total. The van der Waals surface area contributed by atoms with Gasteiger partial charge in [0.15, 0.2) is 0 Å². The van der Waals surface area contributed by atoms with Gasteiger partial charge in [-0.1, -0.05) is 0 Å². The first kappa shape index (κ1) is 14.7. The number of anilines is 1. The van der Waals surface area contributed by atoms with Crippen molar-refractivity contribution in [1.29, 1.82) is 5.41 Å². The number of aryl methyl sites for hydroxylation is 2. The number of aromatic nitrogens is 1. The zero-order valence-electron chi connectivity index (χ0n) is 11.9. The molecule has 1 aliphatic rings. The molecule has 0 aliphatic heterocycles. The van der Waals surface area contributed by atoms with Crippen molar-refractivity contribution in [1.82, 2.24) is 4.98 Å². The van der Waals surface area contributed by atoms with E-state index < -0.39 is 0 Å². The molecule has 6 heteroatoms. The number of fused-ring (bicyclic) bond motifs is 1. The van der Waals surface area contributed by atoms with Gasteiger partial charge in [0, 0.05) is 25.9 Å². The molecular weight excluding hydrogens is 256 g/mol. The van der Waals surface area contributed by atoms with E-state index in [1.54, 1.807) is 7.11 Å². The number of hydrogen-bond donors (Lipinski definition) is 3. The Morgan fingerprint density at radius 2 is 2.30 bits per heavy atom. The summed E-state index contributed by atoms with van der Waals surface area (Å²) in [6.07, 6.45) is 3.07. The summed E-state index contributed by atoms with van der Waals surface area (Å²) in [6, 6.07) is 1.98. The molecule has 0 bridgehead atoms. The van der Waals surface area contributed by atoms with E-state index in [9.17, 15) is 5.11 Å². The smallest absolute Gasteiger partial charge is 0.140 e. The Hall–Kier alpha value is -1.66. The summed E-state index contributed by atoms with van der Waals surface area (Å²) in [5.74, 6) is 0.701. The van der Waals surface area contributed by atoms with Gasteiger partial charge >= 0.3 is 0 Å². The lowest BCUT2D eigenvalue weighted by Gasteiger charge is -2.25. The minimum atomic E-state index is 0.0163. The Morgan fingerprint density at radius 3 is 2.95 bits per heavy atom. The van der Waals surface area contributed by atoms with Crippen molar-refractivity contribution in [2.75, 3.05) is 38.3 Å². The van der Waals surface area contributed by atoms with Crippen LogP contribution in [0.5, 0.6) is 0 Å². The highest BCUT2D eigenvalue weighted by Crippen LogP contribution is 2.27. The largest absolute Gasteiger partial charge is 0.395 e. The molecule has 0 fully saturated rings. The maximum Gasteiger partial charge on any atom is 0.140 e. The summed E-state index contributed by atoms with van der Waals surface area (Å²) < 4.78 is 5.10. The van der Waals surface area contributed by atoms with E-state index in [-0.39, 0.29) is 12.4 Å². The van der Waals surface area contributed by atoms with Crippen LogP contribution in [0.4, 0.5) is 5.82 Å². The molecule has 0 aromatic carbocycles. The van der Waals surface area contributed by atoms with Gasteiger partial charge in [0.25, 0.3) is 0 Å².